The quantitative estimate of drug-likeness (QED) is 0.658. The molecule has 4 rings (SSSR count). The lowest BCUT2D eigenvalue weighted by Crippen LogP contribution is -2.31. The summed E-state index contributed by atoms with van der Waals surface area (Å²) in [5.41, 5.74) is 3.50. The third kappa shape index (κ3) is 3.93. The Morgan fingerprint density at radius 1 is 1.07 bits per heavy atom. The van der Waals surface area contributed by atoms with Crippen LogP contribution in [0.1, 0.15) is 40.4 Å². The highest BCUT2D eigenvalue weighted by atomic mass is 32.2. The lowest BCUT2D eigenvalue weighted by atomic mass is 9.87. The van der Waals surface area contributed by atoms with E-state index in [4.69, 9.17) is 0 Å². The third-order valence-electron chi connectivity index (χ3n) is 5.28. The molecule has 1 heterocycles. The average Bonchev–Trinajstić information content (AvgIpc) is 3.29. The molecule has 0 radical (unpaired) electrons. The summed E-state index contributed by atoms with van der Waals surface area (Å²) < 4.78 is 26.8. The van der Waals surface area contributed by atoms with Crippen molar-refractivity contribution in [2.45, 2.75) is 29.5 Å². The third-order valence-corrected chi connectivity index (χ3v) is 8.44. The van der Waals surface area contributed by atoms with Gasteiger partial charge in [-0.15, -0.1) is 11.3 Å². The average molecular weight is 427 g/mol. The zero-order valence-electron chi connectivity index (χ0n) is 16.0. The summed E-state index contributed by atoms with van der Waals surface area (Å²) in [7, 11) is -2.07. The monoisotopic (exact) mass is 426 g/mol. The molecule has 3 aromatic rings. The van der Waals surface area contributed by atoms with E-state index in [0.717, 1.165) is 19.3 Å². The number of nitrogens with one attached hydrogen (secondary N) is 1. The van der Waals surface area contributed by atoms with Crippen LogP contribution in [0.15, 0.2) is 70.3 Å². The van der Waals surface area contributed by atoms with Crippen molar-refractivity contribution in [1.82, 2.24) is 5.32 Å². The van der Waals surface area contributed by atoms with E-state index in [9.17, 15) is 13.2 Å². The zero-order chi connectivity index (χ0) is 20.4. The van der Waals surface area contributed by atoms with Gasteiger partial charge in [0.05, 0.1) is 11.7 Å². The summed E-state index contributed by atoms with van der Waals surface area (Å²) in [5.74, 6) is -0.151. The molecule has 0 aliphatic heterocycles. The van der Waals surface area contributed by atoms with E-state index in [2.05, 4.69) is 17.4 Å². The summed E-state index contributed by atoms with van der Waals surface area (Å²) in [4.78, 5) is 12.7. The summed E-state index contributed by atoms with van der Waals surface area (Å²) in [6.07, 6.45) is 3.01. The van der Waals surface area contributed by atoms with Crippen molar-refractivity contribution < 1.29 is 13.2 Å². The molecule has 0 fully saturated rings. The Balaban J connectivity index is 1.49. The molecule has 0 unspecified atom stereocenters. The first-order chi connectivity index (χ1) is 14.0. The number of hydrogen-bond acceptors (Lipinski definition) is 4. The number of anilines is 1. The van der Waals surface area contributed by atoms with Crippen molar-refractivity contribution in [3.63, 3.8) is 0 Å². The van der Waals surface area contributed by atoms with Crippen LogP contribution < -0.4 is 9.62 Å². The lowest BCUT2D eigenvalue weighted by Gasteiger charge is -2.26. The van der Waals surface area contributed by atoms with Gasteiger partial charge in [0.15, 0.2) is 0 Å². The summed E-state index contributed by atoms with van der Waals surface area (Å²) in [5, 5.41) is 4.86. The van der Waals surface area contributed by atoms with Gasteiger partial charge < -0.3 is 5.32 Å². The van der Waals surface area contributed by atoms with Gasteiger partial charge in [0.25, 0.3) is 15.9 Å². The highest BCUT2D eigenvalue weighted by molar-refractivity contribution is 7.94. The molecule has 1 atom stereocenters. The van der Waals surface area contributed by atoms with Gasteiger partial charge in [0.2, 0.25) is 0 Å². The highest BCUT2D eigenvalue weighted by Crippen LogP contribution is 2.30. The summed E-state index contributed by atoms with van der Waals surface area (Å²) >= 11 is 1.18. The second kappa shape index (κ2) is 8.00. The predicted octanol–water partition coefficient (Wildman–Crippen LogP) is 4.38. The highest BCUT2D eigenvalue weighted by Gasteiger charge is 2.24. The summed E-state index contributed by atoms with van der Waals surface area (Å²) in [6, 6.07) is 18.2. The maximum absolute atomic E-state index is 12.7. The van der Waals surface area contributed by atoms with Gasteiger partial charge in [0.1, 0.15) is 4.21 Å². The number of amides is 1. The van der Waals surface area contributed by atoms with Crippen molar-refractivity contribution in [3.8, 4) is 0 Å². The van der Waals surface area contributed by atoms with E-state index in [0.29, 0.717) is 11.3 Å². The maximum Gasteiger partial charge on any atom is 0.273 e. The number of hydrogen-bond donors (Lipinski definition) is 1. The van der Waals surface area contributed by atoms with Crippen LogP contribution in [0.4, 0.5) is 5.69 Å². The van der Waals surface area contributed by atoms with Crippen LogP contribution in [0.2, 0.25) is 0 Å². The van der Waals surface area contributed by atoms with Crippen LogP contribution in [0.25, 0.3) is 0 Å². The Kier molecular flexibility index (Phi) is 5.43. The van der Waals surface area contributed by atoms with Crippen molar-refractivity contribution in [3.05, 3.63) is 82.7 Å². The van der Waals surface area contributed by atoms with Gasteiger partial charge in [-0.2, -0.15) is 0 Å². The van der Waals surface area contributed by atoms with Gasteiger partial charge in [-0.25, -0.2) is 8.42 Å². The lowest BCUT2D eigenvalue weighted by molar-refractivity contribution is 0.0933. The van der Waals surface area contributed by atoms with Gasteiger partial charge in [-0.3, -0.25) is 9.10 Å². The molecule has 0 bridgehead atoms. The molecule has 0 spiro atoms. The predicted molar refractivity (Wildman–Crippen MR) is 116 cm³/mol. The van der Waals surface area contributed by atoms with Crippen molar-refractivity contribution in [2.75, 3.05) is 11.4 Å². The van der Waals surface area contributed by atoms with E-state index in [1.165, 1.54) is 33.8 Å². The first-order valence-electron chi connectivity index (χ1n) is 9.48. The molecule has 5 nitrogen and oxygen atoms in total. The Hall–Kier alpha value is -2.64. The molecule has 0 saturated carbocycles. The molecule has 1 amide bonds. The normalized spacial score (nSPS) is 16.1. The molecular weight excluding hydrogens is 404 g/mol. The Morgan fingerprint density at radius 2 is 1.83 bits per heavy atom. The fourth-order valence-electron chi connectivity index (χ4n) is 3.65. The molecule has 1 aliphatic rings. The van der Waals surface area contributed by atoms with E-state index >= 15 is 0 Å². The molecule has 150 valence electrons. The number of rotatable bonds is 5. The molecule has 7 heteroatoms. The Bertz CT molecular complexity index is 1110. The van der Waals surface area contributed by atoms with Gasteiger partial charge in [-0.05, 0) is 66.1 Å². The van der Waals surface area contributed by atoms with Crippen molar-refractivity contribution in [1.29, 1.82) is 0 Å². The molecule has 1 aromatic heterocycles. The minimum absolute atomic E-state index is 0.00834. The van der Waals surface area contributed by atoms with Gasteiger partial charge in [0, 0.05) is 12.6 Å². The first kappa shape index (κ1) is 19.7. The number of carbonyl (C=O) groups excluding carboxylic acids is 1. The van der Waals surface area contributed by atoms with Crippen molar-refractivity contribution >= 4 is 33.0 Å². The van der Waals surface area contributed by atoms with Crippen LogP contribution in [0, 0.1) is 0 Å². The molecular formula is C22H22N2O3S2. The molecule has 1 aliphatic carbocycles. The smallest absolute Gasteiger partial charge is 0.273 e. The SMILES string of the molecule is CN(c1ccc(C(=O)N[C@@H]2CCCc3ccccc32)cc1)S(=O)(=O)c1cccs1. The van der Waals surface area contributed by atoms with Crippen LogP contribution in [0.5, 0.6) is 0 Å². The number of fused-ring (bicyclic) bond motifs is 1. The van der Waals surface area contributed by atoms with Crippen molar-refractivity contribution in [2.24, 2.45) is 0 Å². The molecule has 0 saturated heterocycles. The second-order valence-electron chi connectivity index (χ2n) is 7.07. The Labute approximate surface area is 175 Å². The minimum Gasteiger partial charge on any atom is -0.345 e. The van der Waals surface area contributed by atoms with E-state index in [1.54, 1.807) is 41.8 Å². The number of thiophene rings is 1. The maximum atomic E-state index is 12.7. The van der Waals surface area contributed by atoms with Gasteiger partial charge >= 0.3 is 0 Å². The second-order valence-corrected chi connectivity index (χ2v) is 10.2. The fraction of sp³-hybridized carbons (Fsp3) is 0.227. The minimum atomic E-state index is -3.59. The number of carbonyl (C=O) groups is 1. The topological polar surface area (TPSA) is 66.5 Å². The molecule has 1 N–H and O–H groups in total. The number of sulfonamides is 1. The first-order valence-corrected chi connectivity index (χ1v) is 11.8. The number of aryl methyl sites for hydroxylation is 1. The molecule has 2 aromatic carbocycles. The van der Waals surface area contributed by atoms with Crippen LogP contribution >= 0.6 is 11.3 Å². The standard InChI is InChI=1S/C22H22N2O3S2/c1-24(29(26,27)21-10-5-15-28-21)18-13-11-17(12-14-18)22(25)23-20-9-4-7-16-6-2-3-8-19(16)20/h2-3,5-6,8,10-15,20H,4,7,9H2,1H3,(H,23,25)/t20-/m1/s1. The number of nitrogens with zero attached hydrogens (tertiary/aromatic N) is 1. The van der Waals surface area contributed by atoms with Gasteiger partial charge in [-0.1, -0.05) is 30.3 Å². The zero-order valence-corrected chi connectivity index (χ0v) is 17.7. The van der Waals surface area contributed by atoms with Crippen LogP contribution in [-0.4, -0.2) is 21.4 Å². The van der Waals surface area contributed by atoms with E-state index < -0.39 is 10.0 Å². The Morgan fingerprint density at radius 3 is 2.55 bits per heavy atom. The van der Waals surface area contributed by atoms with E-state index in [-0.39, 0.29) is 16.2 Å². The van der Waals surface area contributed by atoms with Crippen LogP contribution in [-0.2, 0) is 16.4 Å². The van der Waals surface area contributed by atoms with E-state index in [1.807, 2.05) is 12.1 Å². The fourth-order valence-corrected chi connectivity index (χ4v) is 6.01. The number of benzene rings is 2. The largest absolute Gasteiger partial charge is 0.345 e. The molecule has 29 heavy (non-hydrogen) atoms. The van der Waals surface area contributed by atoms with Crippen LogP contribution in [0.3, 0.4) is 0 Å². The summed E-state index contributed by atoms with van der Waals surface area (Å²) in [6.45, 7) is 0.